The van der Waals surface area contributed by atoms with Gasteiger partial charge in [-0.25, -0.2) is 9.97 Å². The van der Waals surface area contributed by atoms with Crippen molar-refractivity contribution in [2.24, 2.45) is 7.05 Å². The van der Waals surface area contributed by atoms with E-state index in [1.54, 1.807) is 25.4 Å². The number of hydrogen-bond acceptors (Lipinski definition) is 7. The average Bonchev–Trinajstić information content (AvgIpc) is 3.12. The second kappa shape index (κ2) is 9.15. The molecule has 32 heavy (non-hydrogen) atoms. The van der Waals surface area contributed by atoms with Gasteiger partial charge in [0.05, 0.1) is 24.2 Å². The summed E-state index contributed by atoms with van der Waals surface area (Å²) in [7, 11) is 7.62. The summed E-state index contributed by atoms with van der Waals surface area (Å²) in [5.74, 6) is 1.63. The summed E-state index contributed by atoms with van der Waals surface area (Å²) in [6, 6.07) is 13.7. The molecule has 0 aliphatic heterocycles. The fourth-order valence-corrected chi connectivity index (χ4v) is 3.54. The van der Waals surface area contributed by atoms with E-state index in [1.165, 1.54) is 0 Å². The van der Waals surface area contributed by atoms with E-state index < -0.39 is 0 Å². The summed E-state index contributed by atoms with van der Waals surface area (Å²) < 4.78 is 13.5. The normalized spacial score (nSPS) is 11.2. The van der Waals surface area contributed by atoms with Crippen molar-refractivity contribution in [1.82, 2.24) is 19.4 Å². The molecule has 0 bridgehead atoms. The fraction of sp³-hybridized carbons (Fsp3) is 0.250. The molecule has 4 rings (SSSR count). The van der Waals surface area contributed by atoms with Crippen LogP contribution in [0.3, 0.4) is 0 Å². The number of rotatable bonds is 8. The minimum atomic E-state index is 0.453. The van der Waals surface area contributed by atoms with Crippen LogP contribution in [0.25, 0.3) is 22.2 Å². The third-order valence-corrected chi connectivity index (χ3v) is 5.20. The Morgan fingerprint density at radius 3 is 2.72 bits per heavy atom. The Morgan fingerprint density at radius 2 is 1.94 bits per heavy atom. The van der Waals surface area contributed by atoms with Gasteiger partial charge in [-0.2, -0.15) is 0 Å². The van der Waals surface area contributed by atoms with Crippen molar-refractivity contribution in [3.8, 4) is 22.8 Å². The largest absolute Gasteiger partial charge is 0.494 e. The van der Waals surface area contributed by atoms with Gasteiger partial charge in [0.2, 0.25) is 5.95 Å². The van der Waals surface area contributed by atoms with Crippen LogP contribution in [-0.2, 0) is 7.05 Å². The second-order valence-corrected chi connectivity index (χ2v) is 7.80. The second-order valence-electron chi connectivity index (χ2n) is 7.80. The molecule has 0 spiro atoms. The molecule has 0 aliphatic rings. The third-order valence-electron chi connectivity index (χ3n) is 5.20. The van der Waals surface area contributed by atoms with E-state index in [0.29, 0.717) is 35.4 Å². The number of nitrogens with one attached hydrogen (secondary N) is 1. The molecule has 0 saturated carbocycles. The molecule has 8 nitrogen and oxygen atoms in total. The lowest BCUT2D eigenvalue weighted by molar-refractivity contribution is 0.261. The van der Waals surface area contributed by atoms with Gasteiger partial charge in [-0.1, -0.05) is 18.2 Å². The highest BCUT2D eigenvalue weighted by Gasteiger charge is 2.14. The quantitative estimate of drug-likeness (QED) is 0.408. The van der Waals surface area contributed by atoms with Gasteiger partial charge in [0.15, 0.2) is 0 Å². The molecule has 0 atom stereocenters. The number of nitrogen functional groups attached to an aromatic ring is 1. The molecule has 0 amide bonds. The lowest BCUT2D eigenvalue weighted by Crippen LogP contribution is -2.19. The predicted octanol–water partition coefficient (Wildman–Crippen LogP) is 3.91. The van der Waals surface area contributed by atoms with E-state index in [4.69, 9.17) is 20.2 Å². The molecule has 2 heterocycles. The van der Waals surface area contributed by atoms with Gasteiger partial charge in [0.25, 0.3) is 0 Å². The van der Waals surface area contributed by atoms with E-state index in [9.17, 15) is 0 Å². The van der Waals surface area contributed by atoms with Crippen LogP contribution in [0.5, 0.6) is 11.5 Å². The van der Waals surface area contributed by atoms with E-state index in [2.05, 4.69) is 33.2 Å². The number of likely N-dealkylation sites (N-methyl/N-ethyl adjacent to an activating group) is 1. The molecule has 2 aromatic carbocycles. The van der Waals surface area contributed by atoms with Crippen LogP contribution in [-0.4, -0.2) is 53.8 Å². The van der Waals surface area contributed by atoms with E-state index in [0.717, 1.165) is 28.7 Å². The predicted molar refractivity (Wildman–Crippen MR) is 129 cm³/mol. The maximum atomic E-state index is 6.22. The number of fused-ring (bicyclic) bond motifs is 1. The van der Waals surface area contributed by atoms with Crippen LogP contribution in [0.1, 0.15) is 0 Å². The number of aryl methyl sites for hydroxylation is 1. The first-order chi connectivity index (χ1) is 15.5. The number of nitrogens with zero attached hydrogens (tertiary/aromatic N) is 4. The van der Waals surface area contributed by atoms with Crippen molar-refractivity contribution in [1.29, 1.82) is 0 Å². The van der Waals surface area contributed by atoms with E-state index in [1.807, 2.05) is 44.2 Å². The van der Waals surface area contributed by atoms with Gasteiger partial charge < -0.3 is 30.0 Å². The first-order valence-corrected chi connectivity index (χ1v) is 10.4. The van der Waals surface area contributed by atoms with Gasteiger partial charge in [-0.3, -0.25) is 0 Å². The maximum Gasteiger partial charge on any atom is 0.227 e. The van der Waals surface area contributed by atoms with Gasteiger partial charge in [-0.05, 0) is 32.3 Å². The van der Waals surface area contributed by atoms with Crippen LogP contribution in [0, 0.1) is 0 Å². The number of ether oxygens (including phenoxy) is 2. The van der Waals surface area contributed by atoms with Gasteiger partial charge in [0.1, 0.15) is 18.1 Å². The minimum absolute atomic E-state index is 0.453. The molecule has 166 valence electrons. The lowest BCUT2D eigenvalue weighted by Gasteiger charge is -2.16. The summed E-state index contributed by atoms with van der Waals surface area (Å²) >= 11 is 0. The Morgan fingerprint density at radius 1 is 1.12 bits per heavy atom. The first kappa shape index (κ1) is 21.5. The molecule has 0 aliphatic carbocycles. The van der Waals surface area contributed by atoms with Crippen LogP contribution in [0.2, 0.25) is 0 Å². The smallest absolute Gasteiger partial charge is 0.227 e. The van der Waals surface area contributed by atoms with E-state index >= 15 is 0 Å². The Labute approximate surface area is 187 Å². The minimum Gasteiger partial charge on any atom is -0.494 e. The summed E-state index contributed by atoms with van der Waals surface area (Å²) in [4.78, 5) is 11.2. The Bertz CT molecular complexity index is 1230. The fourth-order valence-electron chi connectivity index (χ4n) is 3.54. The van der Waals surface area contributed by atoms with Crippen LogP contribution in [0.4, 0.5) is 17.3 Å². The van der Waals surface area contributed by atoms with Gasteiger partial charge in [-0.15, -0.1) is 0 Å². The lowest BCUT2D eigenvalue weighted by atomic mass is 10.1. The number of hydrogen-bond donors (Lipinski definition) is 2. The number of benzene rings is 2. The SMILES string of the molecule is COc1cc(OCCN(C)C)c(N)cc1Nc1nccc(-c2cn(C)c3ccccc23)n1. The topological polar surface area (TPSA) is 90.5 Å². The highest BCUT2D eigenvalue weighted by molar-refractivity contribution is 5.95. The third kappa shape index (κ3) is 4.45. The van der Waals surface area contributed by atoms with Crippen molar-refractivity contribution >= 4 is 28.2 Å². The molecular weight excluding hydrogens is 404 g/mol. The molecular formula is C24H28N6O2. The van der Waals surface area contributed by atoms with Crippen molar-refractivity contribution in [2.45, 2.75) is 0 Å². The molecule has 0 radical (unpaired) electrons. The van der Waals surface area contributed by atoms with E-state index in [-0.39, 0.29) is 0 Å². The van der Waals surface area contributed by atoms with Crippen molar-refractivity contribution in [3.63, 3.8) is 0 Å². The summed E-state index contributed by atoms with van der Waals surface area (Å²) in [6.45, 7) is 1.32. The standard InChI is InChI=1S/C24H28N6O2/c1-29(2)11-12-32-22-14-23(31-4)20(13-18(22)25)28-24-26-10-9-19(27-24)17-15-30(3)21-8-6-5-7-16(17)21/h5-10,13-15H,11-12,25H2,1-4H3,(H,26,27,28). The van der Waals surface area contributed by atoms with Crippen molar-refractivity contribution < 1.29 is 9.47 Å². The summed E-state index contributed by atoms with van der Waals surface area (Å²) in [5, 5.41) is 4.37. The highest BCUT2D eigenvalue weighted by Crippen LogP contribution is 2.36. The molecule has 4 aromatic rings. The number of aromatic nitrogens is 3. The van der Waals surface area contributed by atoms with Gasteiger partial charge >= 0.3 is 0 Å². The average molecular weight is 433 g/mol. The molecule has 0 unspecified atom stereocenters. The maximum absolute atomic E-state index is 6.22. The van der Waals surface area contributed by atoms with Crippen molar-refractivity contribution in [3.05, 3.63) is 54.9 Å². The van der Waals surface area contributed by atoms with Crippen molar-refractivity contribution in [2.75, 3.05) is 45.4 Å². The number of anilines is 3. The highest BCUT2D eigenvalue weighted by atomic mass is 16.5. The molecule has 3 N–H and O–H groups in total. The Hall–Kier alpha value is -3.78. The molecule has 0 fully saturated rings. The zero-order valence-electron chi connectivity index (χ0n) is 18.8. The molecule has 0 saturated heterocycles. The number of methoxy groups -OCH3 is 1. The summed E-state index contributed by atoms with van der Waals surface area (Å²) in [5.41, 5.74) is 10.4. The number of para-hydroxylation sites is 1. The summed E-state index contributed by atoms with van der Waals surface area (Å²) in [6.07, 6.45) is 3.82. The monoisotopic (exact) mass is 432 g/mol. The van der Waals surface area contributed by atoms with Crippen LogP contribution >= 0.6 is 0 Å². The Balaban J connectivity index is 1.61. The Kier molecular flexibility index (Phi) is 6.13. The zero-order chi connectivity index (χ0) is 22.7. The van der Waals surface area contributed by atoms with Crippen LogP contribution in [0.15, 0.2) is 54.9 Å². The van der Waals surface area contributed by atoms with Gasteiger partial charge in [0, 0.05) is 48.5 Å². The molecule has 2 aromatic heterocycles. The number of nitrogens with two attached hydrogens (primary N) is 1. The molecule has 8 heteroatoms. The van der Waals surface area contributed by atoms with Crippen LogP contribution < -0.4 is 20.5 Å². The zero-order valence-corrected chi connectivity index (χ0v) is 18.8. The first-order valence-electron chi connectivity index (χ1n) is 10.4.